The van der Waals surface area contributed by atoms with Crippen LogP contribution in [-0.2, 0) is 7.05 Å². The molecule has 0 atom stereocenters. The summed E-state index contributed by atoms with van der Waals surface area (Å²) in [7, 11) is 2.05. The van der Waals surface area contributed by atoms with E-state index in [0.29, 0.717) is 5.56 Å². The van der Waals surface area contributed by atoms with Crippen molar-refractivity contribution in [2.24, 2.45) is 7.05 Å². The molecule has 0 fully saturated rings. The Hall–Kier alpha value is -3.11. The molecule has 4 rings (SSSR count). The predicted octanol–water partition coefficient (Wildman–Crippen LogP) is 5.75. The van der Waals surface area contributed by atoms with Gasteiger partial charge in [0.15, 0.2) is 6.20 Å². The first-order chi connectivity index (χ1) is 14.2. The molecule has 1 heterocycles. The Kier molecular flexibility index (Phi) is 5.63. The first kappa shape index (κ1) is 19.2. The van der Waals surface area contributed by atoms with Crippen LogP contribution in [0.3, 0.4) is 0 Å². The number of carbonyl (C=O) groups excluding carboxylic acids is 1. The fraction of sp³-hybridized carbons (Fsp3) is 0.120. The molecule has 0 aliphatic carbocycles. The van der Waals surface area contributed by atoms with E-state index in [4.69, 9.17) is 0 Å². The van der Waals surface area contributed by atoms with Crippen LogP contribution in [-0.4, -0.2) is 11.7 Å². The molecule has 1 aromatic heterocycles. The molecule has 144 valence electrons. The van der Waals surface area contributed by atoms with Gasteiger partial charge in [-0.15, -0.1) is 11.8 Å². The molecular weight excluding hydrogens is 376 g/mol. The maximum absolute atomic E-state index is 13.7. The molecule has 4 aromatic rings. The van der Waals surface area contributed by atoms with E-state index in [0.717, 1.165) is 32.9 Å². The second-order valence-electron chi connectivity index (χ2n) is 6.75. The molecule has 0 saturated heterocycles. The topological polar surface area (TPSA) is 24.2 Å². The lowest BCUT2D eigenvalue weighted by Crippen LogP contribution is -2.32. The number of para-hydroxylation sites is 2. The molecule has 29 heavy (non-hydrogen) atoms. The van der Waals surface area contributed by atoms with Crippen molar-refractivity contribution in [3.8, 4) is 0 Å². The average molecular weight is 400 g/mol. The number of amides is 1. The SMILES string of the molecule is CCSc1c[n+](C)c2ccccc2c1N(C(=O)c1ccccc1)c1ccccc1. The summed E-state index contributed by atoms with van der Waals surface area (Å²) < 4.78 is 2.13. The lowest BCUT2D eigenvalue weighted by Gasteiger charge is -2.26. The van der Waals surface area contributed by atoms with Crippen molar-refractivity contribution >= 4 is 39.9 Å². The Morgan fingerprint density at radius 3 is 2.21 bits per heavy atom. The van der Waals surface area contributed by atoms with Crippen molar-refractivity contribution in [1.82, 2.24) is 0 Å². The van der Waals surface area contributed by atoms with E-state index in [1.54, 1.807) is 11.8 Å². The number of aryl methyl sites for hydroxylation is 1. The Labute approximate surface area is 175 Å². The molecule has 0 spiro atoms. The summed E-state index contributed by atoms with van der Waals surface area (Å²) >= 11 is 1.75. The molecule has 4 heteroatoms. The lowest BCUT2D eigenvalue weighted by atomic mass is 10.1. The maximum Gasteiger partial charge on any atom is 0.262 e. The molecule has 0 aliphatic heterocycles. The van der Waals surface area contributed by atoms with Crippen LogP contribution in [0.25, 0.3) is 10.9 Å². The van der Waals surface area contributed by atoms with E-state index in [1.165, 1.54) is 0 Å². The Morgan fingerprint density at radius 2 is 1.52 bits per heavy atom. The molecule has 0 N–H and O–H groups in total. The number of pyridine rings is 1. The van der Waals surface area contributed by atoms with Gasteiger partial charge in [-0.1, -0.05) is 55.5 Å². The second-order valence-corrected chi connectivity index (χ2v) is 8.05. The van der Waals surface area contributed by atoms with Crippen LogP contribution in [0.2, 0.25) is 0 Å². The number of thioether (sulfide) groups is 1. The second kappa shape index (κ2) is 8.50. The van der Waals surface area contributed by atoms with Crippen molar-refractivity contribution in [1.29, 1.82) is 0 Å². The third-order valence-corrected chi connectivity index (χ3v) is 5.74. The summed E-state index contributed by atoms with van der Waals surface area (Å²) in [5.74, 6) is 0.891. The number of nitrogens with zero attached hydrogens (tertiary/aromatic N) is 2. The van der Waals surface area contributed by atoms with Crippen molar-refractivity contribution in [3.63, 3.8) is 0 Å². The number of hydrogen-bond donors (Lipinski definition) is 0. The predicted molar refractivity (Wildman–Crippen MR) is 121 cm³/mol. The lowest BCUT2D eigenvalue weighted by molar-refractivity contribution is -0.646. The Bertz CT molecular complexity index is 1140. The van der Waals surface area contributed by atoms with Gasteiger partial charge in [0.1, 0.15) is 7.05 Å². The van der Waals surface area contributed by atoms with Gasteiger partial charge in [0, 0.05) is 17.3 Å². The summed E-state index contributed by atoms with van der Waals surface area (Å²) in [6.45, 7) is 2.13. The number of benzene rings is 3. The third kappa shape index (κ3) is 3.76. The summed E-state index contributed by atoms with van der Waals surface area (Å²) in [5, 5.41) is 1.06. The van der Waals surface area contributed by atoms with Gasteiger partial charge in [0.05, 0.1) is 16.0 Å². The van der Waals surface area contributed by atoms with Gasteiger partial charge in [-0.2, -0.15) is 4.57 Å². The molecule has 0 radical (unpaired) electrons. The normalized spacial score (nSPS) is 10.8. The molecule has 0 unspecified atom stereocenters. The van der Waals surface area contributed by atoms with Gasteiger partial charge in [0.2, 0.25) is 5.52 Å². The van der Waals surface area contributed by atoms with E-state index in [9.17, 15) is 4.79 Å². The monoisotopic (exact) mass is 399 g/mol. The van der Waals surface area contributed by atoms with E-state index in [2.05, 4.69) is 36.9 Å². The van der Waals surface area contributed by atoms with Gasteiger partial charge >= 0.3 is 0 Å². The summed E-state index contributed by atoms with van der Waals surface area (Å²) in [6, 6.07) is 27.6. The van der Waals surface area contributed by atoms with Crippen LogP contribution in [0.4, 0.5) is 11.4 Å². The highest BCUT2D eigenvalue weighted by Crippen LogP contribution is 2.39. The minimum Gasteiger partial charge on any atom is -0.275 e. The number of aromatic nitrogens is 1. The van der Waals surface area contributed by atoms with Crippen molar-refractivity contribution in [3.05, 3.63) is 96.7 Å². The van der Waals surface area contributed by atoms with Crippen LogP contribution in [0.15, 0.2) is 96.0 Å². The minimum absolute atomic E-state index is 0.0336. The highest BCUT2D eigenvalue weighted by atomic mass is 32.2. The largest absolute Gasteiger partial charge is 0.275 e. The van der Waals surface area contributed by atoms with Gasteiger partial charge in [-0.3, -0.25) is 9.69 Å². The molecule has 0 bridgehead atoms. The highest BCUT2D eigenvalue weighted by Gasteiger charge is 2.27. The van der Waals surface area contributed by atoms with Crippen LogP contribution in [0, 0.1) is 0 Å². The van der Waals surface area contributed by atoms with E-state index in [1.807, 2.05) is 77.7 Å². The first-order valence-corrected chi connectivity index (χ1v) is 10.7. The number of hydrogen-bond acceptors (Lipinski definition) is 2. The number of carbonyl (C=O) groups is 1. The van der Waals surface area contributed by atoms with E-state index in [-0.39, 0.29) is 5.91 Å². The van der Waals surface area contributed by atoms with Gasteiger partial charge in [-0.25, -0.2) is 0 Å². The standard InChI is InChI=1S/C25H23N2OS/c1-3-29-23-18-26(2)22-17-11-10-16-21(22)24(23)27(20-14-8-5-9-15-20)25(28)19-12-6-4-7-13-19/h4-18H,3H2,1-2H3/q+1. The fourth-order valence-corrected chi connectivity index (χ4v) is 4.43. The van der Waals surface area contributed by atoms with E-state index < -0.39 is 0 Å². The number of rotatable bonds is 5. The smallest absolute Gasteiger partial charge is 0.262 e. The van der Waals surface area contributed by atoms with Crippen LogP contribution in [0.5, 0.6) is 0 Å². The Morgan fingerprint density at radius 1 is 0.897 bits per heavy atom. The quantitative estimate of drug-likeness (QED) is 0.315. The van der Waals surface area contributed by atoms with Crippen molar-refractivity contribution < 1.29 is 9.36 Å². The third-order valence-electron chi connectivity index (χ3n) is 4.85. The minimum atomic E-state index is -0.0336. The molecule has 3 aromatic carbocycles. The summed E-state index contributed by atoms with van der Waals surface area (Å²) in [4.78, 5) is 16.7. The van der Waals surface area contributed by atoms with Gasteiger partial charge < -0.3 is 0 Å². The molecule has 3 nitrogen and oxygen atoms in total. The fourth-order valence-electron chi connectivity index (χ4n) is 3.55. The van der Waals surface area contributed by atoms with Crippen LogP contribution >= 0.6 is 11.8 Å². The van der Waals surface area contributed by atoms with E-state index >= 15 is 0 Å². The zero-order valence-electron chi connectivity index (χ0n) is 16.6. The number of fused-ring (bicyclic) bond motifs is 1. The van der Waals surface area contributed by atoms with Gasteiger partial charge in [0.25, 0.3) is 5.91 Å². The zero-order valence-corrected chi connectivity index (χ0v) is 17.4. The Balaban J connectivity index is 2.03. The zero-order chi connectivity index (χ0) is 20.2. The molecule has 0 saturated carbocycles. The highest BCUT2D eigenvalue weighted by molar-refractivity contribution is 7.99. The van der Waals surface area contributed by atoms with Crippen molar-refractivity contribution in [2.45, 2.75) is 11.8 Å². The maximum atomic E-state index is 13.7. The summed E-state index contributed by atoms with van der Waals surface area (Å²) in [5.41, 5.74) is 3.55. The molecular formula is C25H23N2OS+. The van der Waals surface area contributed by atoms with Crippen LogP contribution in [0.1, 0.15) is 17.3 Å². The van der Waals surface area contributed by atoms with Crippen molar-refractivity contribution in [2.75, 3.05) is 10.7 Å². The average Bonchev–Trinajstić information content (AvgIpc) is 2.77. The van der Waals surface area contributed by atoms with Crippen LogP contribution < -0.4 is 9.47 Å². The first-order valence-electron chi connectivity index (χ1n) is 9.69. The van der Waals surface area contributed by atoms with Gasteiger partial charge in [-0.05, 0) is 36.1 Å². The number of anilines is 2. The summed E-state index contributed by atoms with van der Waals surface area (Å²) in [6.07, 6.45) is 2.13. The molecule has 1 amide bonds. The molecule has 0 aliphatic rings.